The molecule has 0 aliphatic heterocycles. The van der Waals surface area contributed by atoms with E-state index >= 15 is 0 Å². The molecule has 116 valence electrons. The second kappa shape index (κ2) is 6.80. The molecule has 0 bridgehead atoms. The number of benzene rings is 1. The highest BCUT2D eigenvalue weighted by Crippen LogP contribution is 2.27. The van der Waals surface area contributed by atoms with Crippen LogP contribution in [-0.2, 0) is 11.2 Å². The number of rotatable bonds is 7. The second-order valence-electron chi connectivity index (χ2n) is 5.71. The molecule has 0 heterocycles. The van der Waals surface area contributed by atoms with Gasteiger partial charge in [0.15, 0.2) is 11.5 Å². The second-order valence-corrected chi connectivity index (χ2v) is 5.71. The van der Waals surface area contributed by atoms with Gasteiger partial charge in [-0.3, -0.25) is 4.79 Å². The summed E-state index contributed by atoms with van der Waals surface area (Å²) in [4.78, 5) is 16.3. The van der Waals surface area contributed by atoms with Crippen molar-refractivity contribution in [3.05, 3.63) is 23.8 Å². The SMILES string of the molecule is COc1cc(CC(=O)N(C)CCN(C)C2CC2)ccc1O. The van der Waals surface area contributed by atoms with Crippen LogP contribution in [0.25, 0.3) is 0 Å². The number of phenols is 1. The number of aromatic hydroxyl groups is 1. The Morgan fingerprint density at radius 2 is 2.05 bits per heavy atom. The van der Waals surface area contributed by atoms with E-state index in [9.17, 15) is 9.90 Å². The van der Waals surface area contributed by atoms with E-state index in [4.69, 9.17) is 4.74 Å². The highest BCUT2D eigenvalue weighted by atomic mass is 16.5. The maximum atomic E-state index is 12.2. The van der Waals surface area contributed by atoms with Gasteiger partial charge < -0.3 is 19.6 Å². The van der Waals surface area contributed by atoms with Gasteiger partial charge in [0.2, 0.25) is 5.91 Å². The van der Waals surface area contributed by atoms with Crippen LogP contribution in [0.2, 0.25) is 0 Å². The van der Waals surface area contributed by atoms with E-state index in [0.717, 1.165) is 24.7 Å². The number of nitrogens with zero attached hydrogens (tertiary/aromatic N) is 2. The highest BCUT2D eigenvalue weighted by Gasteiger charge is 2.26. The molecule has 1 aliphatic rings. The van der Waals surface area contributed by atoms with Gasteiger partial charge in [-0.25, -0.2) is 0 Å². The first kappa shape index (κ1) is 15.6. The monoisotopic (exact) mass is 292 g/mol. The summed E-state index contributed by atoms with van der Waals surface area (Å²) in [6, 6.07) is 5.73. The third kappa shape index (κ3) is 4.36. The number of carbonyl (C=O) groups is 1. The normalized spacial score (nSPS) is 14.3. The van der Waals surface area contributed by atoms with E-state index in [1.54, 1.807) is 23.1 Å². The molecule has 0 aromatic heterocycles. The summed E-state index contributed by atoms with van der Waals surface area (Å²) in [6.07, 6.45) is 2.88. The molecule has 1 saturated carbocycles. The zero-order chi connectivity index (χ0) is 15.4. The molecule has 1 amide bonds. The molecule has 21 heavy (non-hydrogen) atoms. The molecule has 2 rings (SSSR count). The third-order valence-electron chi connectivity index (χ3n) is 3.98. The van der Waals surface area contributed by atoms with Gasteiger partial charge >= 0.3 is 0 Å². The standard InChI is InChI=1S/C16H24N2O3/c1-17(13-5-6-13)8-9-18(2)16(20)11-12-4-7-14(19)15(10-12)21-3/h4,7,10,13,19H,5-6,8-9,11H2,1-3H3. The number of carbonyl (C=O) groups excluding carboxylic acids is 1. The third-order valence-corrected chi connectivity index (χ3v) is 3.98. The molecule has 1 N–H and O–H groups in total. The van der Waals surface area contributed by atoms with Crippen LogP contribution >= 0.6 is 0 Å². The number of ether oxygens (including phenoxy) is 1. The molecule has 5 heteroatoms. The van der Waals surface area contributed by atoms with Crippen molar-refractivity contribution >= 4 is 5.91 Å². The summed E-state index contributed by atoms with van der Waals surface area (Å²) in [7, 11) is 5.45. The number of likely N-dealkylation sites (N-methyl/N-ethyl adjacent to an activating group) is 2. The van der Waals surface area contributed by atoms with Crippen molar-refractivity contribution < 1.29 is 14.6 Å². The zero-order valence-electron chi connectivity index (χ0n) is 13.0. The van der Waals surface area contributed by atoms with E-state index in [1.165, 1.54) is 20.0 Å². The fourth-order valence-corrected chi connectivity index (χ4v) is 2.27. The summed E-state index contributed by atoms with van der Waals surface area (Å²) in [5.41, 5.74) is 0.844. The maximum absolute atomic E-state index is 12.2. The van der Waals surface area contributed by atoms with Crippen LogP contribution in [0, 0.1) is 0 Å². The minimum atomic E-state index is 0.0759. The Kier molecular flexibility index (Phi) is 5.07. The summed E-state index contributed by atoms with van der Waals surface area (Å²) < 4.78 is 5.06. The van der Waals surface area contributed by atoms with Crippen LogP contribution in [0.1, 0.15) is 18.4 Å². The van der Waals surface area contributed by atoms with Crippen molar-refractivity contribution in [3.63, 3.8) is 0 Å². The fourth-order valence-electron chi connectivity index (χ4n) is 2.27. The first-order valence-electron chi connectivity index (χ1n) is 7.31. The first-order valence-corrected chi connectivity index (χ1v) is 7.31. The van der Waals surface area contributed by atoms with Crippen molar-refractivity contribution in [3.8, 4) is 11.5 Å². The van der Waals surface area contributed by atoms with Gasteiger partial charge in [0.1, 0.15) is 0 Å². The van der Waals surface area contributed by atoms with Crippen molar-refractivity contribution in [2.24, 2.45) is 0 Å². The lowest BCUT2D eigenvalue weighted by molar-refractivity contribution is -0.129. The lowest BCUT2D eigenvalue weighted by Gasteiger charge is -2.22. The smallest absolute Gasteiger partial charge is 0.226 e. The van der Waals surface area contributed by atoms with Crippen LogP contribution in [0.5, 0.6) is 11.5 Å². The molecule has 0 radical (unpaired) electrons. The molecule has 1 aromatic carbocycles. The Bertz CT molecular complexity index is 500. The first-order chi connectivity index (χ1) is 10.0. The average Bonchev–Trinajstić information content (AvgIpc) is 3.30. The predicted octanol–water partition coefficient (Wildman–Crippen LogP) is 1.50. The average molecular weight is 292 g/mol. The van der Waals surface area contributed by atoms with Crippen molar-refractivity contribution in [2.75, 3.05) is 34.3 Å². The van der Waals surface area contributed by atoms with Gasteiger partial charge in [-0.2, -0.15) is 0 Å². The molecule has 0 unspecified atom stereocenters. The molecule has 1 aromatic rings. The lowest BCUT2D eigenvalue weighted by atomic mass is 10.1. The van der Waals surface area contributed by atoms with Crippen LogP contribution in [0.3, 0.4) is 0 Å². The topological polar surface area (TPSA) is 53.0 Å². The van der Waals surface area contributed by atoms with E-state index < -0.39 is 0 Å². The predicted molar refractivity (Wildman–Crippen MR) is 81.7 cm³/mol. The fraction of sp³-hybridized carbons (Fsp3) is 0.562. The van der Waals surface area contributed by atoms with Gasteiger partial charge in [0.25, 0.3) is 0 Å². The molecule has 0 atom stereocenters. The molecule has 0 spiro atoms. The Balaban J connectivity index is 1.84. The largest absolute Gasteiger partial charge is 0.504 e. The van der Waals surface area contributed by atoms with E-state index in [-0.39, 0.29) is 11.7 Å². The summed E-state index contributed by atoms with van der Waals surface area (Å²) >= 11 is 0. The van der Waals surface area contributed by atoms with Crippen LogP contribution in [-0.4, -0.2) is 61.2 Å². The minimum absolute atomic E-state index is 0.0759. The Morgan fingerprint density at radius 3 is 2.67 bits per heavy atom. The molecule has 1 aliphatic carbocycles. The van der Waals surface area contributed by atoms with Gasteiger partial charge in [0.05, 0.1) is 13.5 Å². The maximum Gasteiger partial charge on any atom is 0.226 e. The number of hydrogen-bond acceptors (Lipinski definition) is 4. The van der Waals surface area contributed by atoms with E-state index in [1.807, 2.05) is 7.05 Å². The van der Waals surface area contributed by atoms with Crippen LogP contribution in [0.4, 0.5) is 0 Å². The Morgan fingerprint density at radius 1 is 1.33 bits per heavy atom. The Labute approximate surface area is 126 Å². The summed E-state index contributed by atoms with van der Waals surface area (Å²) in [6.45, 7) is 1.65. The number of methoxy groups -OCH3 is 1. The summed E-state index contributed by atoms with van der Waals surface area (Å²) in [5, 5.41) is 9.56. The molecule has 0 saturated heterocycles. The van der Waals surface area contributed by atoms with E-state index in [2.05, 4.69) is 11.9 Å². The van der Waals surface area contributed by atoms with Crippen molar-refractivity contribution in [2.45, 2.75) is 25.3 Å². The number of hydrogen-bond donors (Lipinski definition) is 1. The zero-order valence-corrected chi connectivity index (χ0v) is 13.0. The highest BCUT2D eigenvalue weighted by molar-refractivity contribution is 5.78. The van der Waals surface area contributed by atoms with Crippen LogP contribution < -0.4 is 4.74 Å². The lowest BCUT2D eigenvalue weighted by Crippen LogP contribution is -2.36. The van der Waals surface area contributed by atoms with Gasteiger partial charge in [-0.1, -0.05) is 6.07 Å². The number of phenolic OH excluding ortho intramolecular Hbond substituents is 1. The molecule has 1 fully saturated rings. The molecular weight excluding hydrogens is 268 g/mol. The van der Waals surface area contributed by atoms with E-state index in [0.29, 0.717) is 12.2 Å². The number of amides is 1. The van der Waals surface area contributed by atoms with Crippen molar-refractivity contribution in [1.82, 2.24) is 9.80 Å². The quantitative estimate of drug-likeness (QED) is 0.827. The summed E-state index contributed by atoms with van der Waals surface area (Å²) in [5.74, 6) is 0.566. The Hall–Kier alpha value is -1.75. The minimum Gasteiger partial charge on any atom is -0.504 e. The molecule has 5 nitrogen and oxygen atoms in total. The van der Waals surface area contributed by atoms with Gasteiger partial charge in [-0.05, 0) is 37.6 Å². The van der Waals surface area contributed by atoms with Gasteiger partial charge in [0, 0.05) is 26.2 Å². The molecular formula is C16H24N2O3. The van der Waals surface area contributed by atoms with Gasteiger partial charge in [-0.15, -0.1) is 0 Å². The van der Waals surface area contributed by atoms with Crippen molar-refractivity contribution in [1.29, 1.82) is 0 Å². The van der Waals surface area contributed by atoms with Crippen LogP contribution in [0.15, 0.2) is 18.2 Å².